The number of ether oxygens (including phenoxy) is 1. The standard InChI is InChI=1S/C12H16FN3O2/c1-15(2)12(17)11-8-16(5-6-18-11)10-3-4-14-7-9(10)13/h3-4,7,11H,5-6,8H2,1-2H3. The van der Waals surface area contributed by atoms with Crippen molar-refractivity contribution in [1.29, 1.82) is 0 Å². The van der Waals surface area contributed by atoms with Crippen molar-refractivity contribution in [2.75, 3.05) is 38.7 Å². The van der Waals surface area contributed by atoms with E-state index in [1.54, 1.807) is 20.2 Å². The number of morpholine rings is 1. The van der Waals surface area contributed by atoms with Crippen LogP contribution in [0.3, 0.4) is 0 Å². The van der Waals surface area contributed by atoms with Crippen LogP contribution < -0.4 is 4.90 Å². The van der Waals surface area contributed by atoms with E-state index in [1.165, 1.54) is 17.3 Å². The van der Waals surface area contributed by atoms with Crippen molar-refractivity contribution in [2.45, 2.75) is 6.10 Å². The quantitative estimate of drug-likeness (QED) is 0.770. The third kappa shape index (κ3) is 2.59. The molecule has 2 heterocycles. The number of hydrogen-bond donors (Lipinski definition) is 0. The minimum atomic E-state index is -0.540. The number of amides is 1. The fraction of sp³-hybridized carbons (Fsp3) is 0.500. The van der Waals surface area contributed by atoms with Crippen LogP contribution in [0.2, 0.25) is 0 Å². The van der Waals surface area contributed by atoms with Crippen molar-refractivity contribution in [3.05, 3.63) is 24.3 Å². The van der Waals surface area contributed by atoms with E-state index < -0.39 is 6.10 Å². The number of carbonyl (C=O) groups is 1. The molecule has 1 unspecified atom stereocenters. The molecule has 1 saturated heterocycles. The second-order valence-electron chi connectivity index (χ2n) is 4.37. The molecule has 1 amide bonds. The largest absolute Gasteiger partial charge is 0.365 e. The van der Waals surface area contributed by atoms with E-state index in [-0.39, 0.29) is 11.7 Å². The Morgan fingerprint density at radius 1 is 1.61 bits per heavy atom. The molecular formula is C12H16FN3O2. The van der Waals surface area contributed by atoms with Crippen LogP contribution in [-0.4, -0.2) is 55.7 Å². The molecule has 0 aromatic carbocycles. The first-order valence-corrected chi connectivity index (χ1v) is 5.77. The number of rotatable bonds is 2. The number of anilines is 1. The van der Waals surface area contributed by atoms with Gasteiger partial charge in [0.1, 0.15) is 0 Å². The van der Waals surface area contributed by atoms with Crippen molar-refractivity contribution < 1.29 is 13.9 Å². The highest BCUT2D eigenvalue weighted by molar-refractivity contribution is 5.81. The van der Waals surface area contributed by atoms with Gasteiger partial charge in [-0.2, -0.15) is 0 Å². The molecule has 5 nitrogen and oxygen atoms in total. The van der Waals surface area contributed by atoms with E-state index in [1.807, 2.05) is 4.90 Å². The van der Waals surface area contributed by atoms with Crippen LogP contribution in [0, 0.1) is 5.82 Å². The van der Waals surface area contributed by atoms with Gasteiger partial charge in [0, 0.05) is 26.8 Å². The summed E-state index contributed by atoms with van der Waals surface area (Å²) in [5.41, 5.74) is 0.463. The van der Waals surface area contributed by atoms with Gasteiger partial charge in [0.25, 0.3) is 5.91 Å². The average molecular weight is 253 g/mol. The van der Waals surface area contributed by atoms with Crippen LogP contribution >= 0.6 is 0 Å². The summed E-state index contributed by atoms with van der Waals surface area (Å²) in [4.78, 5) is 18.8. The van der Waals surface area contributed by atoms with Gasteiger partial charge < -0.3 is 14.5 Å². The molecule has 1 aromatic heterocycles. The van der Waals surface area contributed by atoms with Crippen LogP contribution in [0.5, 0.6) is 0 Å². The molecule has 1 aliphatic rings. The highest BCUT2D eigenvalue weighted by Crippen LogP contribution is 2.20. The molecule has 0 N–H and O–H groups in total. The number of likely N-dealkylation sites (N-methyl/N-ethyl adjacent to an activating group) is 1. The van der Waals surface area contributed by atoms with Crippen LogP contribution in [0.1, 0.15) is 0 Å². The molecule has 98 valence electrons. The van der Waals surface area contributed by atoms with E-state index in [0.717, 1.165) is 0 Å². The average Bonchev–Trinajstić information content (AvgIpc) is 2.38. The Morgan fingerprint density at radius 2 is 2.39 bits per heavy atom. The van der Waals surface area contributed by atoms with E-state index in [9.17, 15) is 9.18 Å². The van der Waals surface area contributed by atoms with Gasteiger partial charge in [0.05, 0.1) is 25.0 Å². The first-order valence-electron chi connectivity index (χ1n) is 5.77. The topological polar surface area (TPSA) is 45.7 Å². The van der Waals surface area contributed by atoms with E-state index >= 15 is 0 Å². The summed E-state index contributed by atoms with van der Waals surface area (Å²) in [5.74, 6) is -0.482. The second kappa shape index (κ2) is 5.30. The Morgan fingerprint density at radius 3 is 3.06 bits per heavy atom. The van der Waals surface area contributed by atoms with E-state index in [2.05, 4.69) is 4.98 Å². The Hall–Kier alpha value is -1.69. The maximum atomic E-state index is 13.6. The number of nitrogens with zero attached hydrogens (tertiary/aromatic N) is 3. The zero-order chi connectivity index (χ0) is 13.1. The van der Waals surface area contributed by atoms with Crippen molar-refractivity contribution in [2.24, 2.45) is 0 Å². The zero-order valence-corrected chi connectivity index (χ0v) is 10.5. The van der Waals surface area contributed by atoms with Gasteiger partial charge >= 0.3 is 0 Å². The summed E-state index contributed by atoms with van der Waals surface area (Å²) in [6.07, 6.45) is 2.17. The number of pyridine rings is 1. The zero-order valence-electron chi connectivity index (χ0n) is 10.5. The molecule has 2 rings (SSSR count). The SMILES string of the molecule is CN(C)C(=O)C1CN(c2ccncc2F)CCO1. The smallest absolute Gasteiger partial charge is 0.253 e. The Balaban J connectivity index is 2.12. The number of carbonyl (C=O) groups excluding carboxylic acids is 1. The highest BCUT2D eigenvalue weighted by atomic mass is 19.1. The third-order valence-electron chi connectivity index (χ3n) is 2.87. The molecule has 0 saturated carbocycles. The van der Waals surface area contributed by atoms with Gasteiger partial charge in [0.2, 0.25) is 0 Å². The lowest BCUT2D eigenvalue weighted by molar-refractivity contribution is -0.141. The van der Waals surface area contributed by atoms with Crippen molar-refractivity contribution in [3.63, 3.8) is 0 Å². The normalized spacial score (nSPS) is 19.7. The van der Waals surface area contributed by atoms with Crippen molar-refractivity contribution in [3.8, 4) is 0 Å². The molecule has 18 heavy (non-hydrogen) atoms. The van der Waals surface area contributed by atoms with Crippen LogP contribution in [-0.2, 0) is 9.53 Å². The highest BCUT2D eigenvalue weighted by Gasteiger charge is 2.28. The van der Waals surface area contributed by atoms with Crippen LogP contribution in [0.25, 0.3) is 0 Å². The molecular weight excluding hydrogens is 237 g/mol. The number of halogens is 1. The molecule has 0 radical (unpaired) electrons. The molecule has 0 aliphatic carbocycles. The Kier molecular flexibility index (Phi) is 3.76. The fourth-order valence-electron chi connectivity index (χ4n) is 1.93. The molecule has 0 bridgehead atoms. The lowest BCUT2D eigenvalue weighted by Crippen LogP contribution is -2.49. The lowest BCUT2D eigenvalue weighted by atomic mass is 10.2. The minimum absolute atomic E-state index is 0.103. The summed E-state index contributed by atoms with van der Waals surface area (Å²) in [7, 11) is 3.36. The first-order chi connectivity index (χ1) is 8.59. The van der Waals surface area contributed by atoms with Crippen LogP contribution in [0.15, 0.2) is 18.5 Å². The maximum absolute atomic E-state index is 13.6. The van der Waals surface area contributed by atoms with Gasteiger partial charge in [-0.25, -0.2) is 4.39 Å². The molecule has 1 atom stereocenters. The predicted octanol–water partition coefficient (Wildman–Crippen LogP) is 0.514. The summed E-state index contributed by atoms with van der Waals surface area (Å²) >= 11 is 0. The summed E-state index contributed by atoms with van der Waals surface area (Å²) in [6.45, 7) is 1.34. The fourth-order valence-corrected chi connectivity index (χ4v) is 1.93. The monoisotopic (exact) mass is 253 g/mol. The predicted molar refractivity (Wildman–Crippen MR) is 64.8 cm³/mol. The molecule has 1 fully saturated rings. The van der Waals surface area contributed by atoms with E-state index in [0.29, 0.717) is 25.4 Å². The summed E-state index contributed by atoms with van der Waals surface area (Å²) in [5, 5.41) is 0. The van der Waals surface area contributed by atoms with E-state index in [4.69, 9.17) is 4.74 Å². The summed E-state index contributed by atoms with van der Waals surface area (Å²) < 4.78 is 19.0. The van der Waals surface area contributed by atoms with Gasteiger partial charge in [-0.3, -0.25) is 9.78 Å². The van der Waals surface area contributed by atoms with Crippen LogP contribution in [0.4, 0.5) is 10.1 Å². The van der Waals surface area contributed by atoms with Gasteiger partial charge in [-0.05, 0) is 6.07 Å². The van der Waals surface area contributed by atoms with Gasteiger partial charge in [-0.1, -0.05) is 0 Å². The van der Waals surface area contributed by atoms with Crippen molar-refractivity contribution >= 4 is 11.6 Å². The van der Waals surface area contributed by atoms with Crippen molar-refractivity contribution in [1.82, 2.24) is 9.88 Å². The molecule has 0 spiro atoms. The lowest BCUT2D eigenvalue weighted by Gasteiger charge is -2.34. The Bertz CT molecular complexity index is 439. The summed E-state index contributed by atoms with van der Waals surface area (Å²) in [6, 6.07) is 1.61. The van der Waals surface area contributed by atoms with Gasteiger partial charge in [0.15, 0.2) is 11.9 Å². The van der Waals surface area contributed by atoms with Gasteiger partial charge in [-0.15, -0.1) is 0 Å². The Labute approximate surface area is 105 Å². The maximum Gasteiger partial charge on any atom is 0.253 e. The first kappa shape index (κ1) is 12.8. The number of hydrogen-bond acceptors (Lipinski definition) is 4. The number of aromatic nitrogens is 1. The molecule has 1 aliphatic heterocycles. The third-order valence-corrected chi connectivity index (χ3v) is 2.87. The second-order valence-corrected chi connectivity index (χ2v) is 4.37. The molecule has 1 aromatic rings. The minimum Gasteiger partial charge on any atom is -0.365 e. The molecule has 6 heteroatoms.